The molecule has 2 aromatic rings. The molecule has 156 valence electrons. The molecule has 29 heavy (non-hydrogen) atoms. The van der Waals surface area contributed by atoms with Crippen molar-refractivity contribution in [1.82, 2.24) is 4.90 Å². The molecule has 1 heterocycles. The van der Waals surface area contributed by atoms with Crippen LogP contribution in [0.15, 0.2) is 48.5 Å². The van der Waals surface area contributed by atoms with E-state index in [-0.39, 0.29) is 12.6 Å². The molecule has 1 aliphatic heterocycles. The summed E-state index contributed by atoms with van der Waals surface area (Å²) in [5.74, 6) is -0.747. The second kappa shape index (κ2) is 11.1. The molecule has 3 rings (SSSR count). The lowest BCUT2D eigenvalue weighted by molar-refractivity contribution is -0.139. The molecule has 4 heteroatoms. The van der Waals surface area contributed by atoms with Gasteiger partial charge in [0.25, 0.3) is 0 Å². The Morgan fingerprint density at radius 2 is 1.69 bits per heavy atom. The quantitative estimate of drug-likeness (QED) is 0.577. The number of aliphatic carboxylic acids is 1. The van der Waals surface area contributed by atoms with Crippen LogP contribution in [0.1, 0.15) is 56.6 Å². The zero-order chi connectivity index (χ0) is 20.5. The Bertz CT molecular complexity index is 755. The predicted octanol–water partition coefficient (Wildman–Crippen LogP) is 5.50. The first-order chi connectivity index (χ1) is 14.2. The number of hydrogen-bond donors (Lipinski definition) is 1. The summed E-state index contributed by atoms with van der Waals surface area (Å²) in [4.78, 5) is 13.0. The molecule has 0 aromatic heterocycles. The molecule has 1 unspecified atom stereocenters. The van der Waals surface area contributed by atoms with Crippen molar-refractivity contribution in [1.29, 1.82) is 0 Å². The molecular formula is C25H33NO3. The number of carboxylic acids is 1. The first-order valence-electron chi connectivity index (χ1n) is 10.9. The summed E-state index contributed by atoms with van der Waals surface area (Å²) in [7, 11) is 0. The first kappa shape index (κ1) is 21.5. The van der Waals surface area contributed by atoms with E-state index in [1.165, 1.54) is 29.5 Å². The monoisotopic (exact) mass is 395 g/mol. The van der Waals surface area contributed by atoms with Crippen molar-refractivity contribution in [3.05, 3.63) is 59.7 Å². The van der Waals surface area contributed by atoms with Crippen LogP contribution >= 0.6 is 0 Å². The normalized spacial score (nSPS) is 17.3. The van der Waals surface area contributed by atoms with Crippen LogP contribution in [-0.4, -0.2) is 35.3 Å². The van der Waals surface area contributed by atoms with Gasteiger partial charge in [0.2, 0.25) is 0 Å². The van der Waals surface area contributed by atoms with Gasteiger partial charge in [-0.05, 0) is 54.4 Å². The number of hydrogen-bond acceptors (Lipinski definition) is 3. The Labute approximate surface area is 174 Å². The van der Waals surface area contributed by atoms with E-state index in [4.69, 9.17) is 9.84 Å². The predicted molar refractivity (Wildman–Crippen MR) is 117 cm³/mol. The number of benzene rings is 2. The van der Waals surface area contributed by atoms with Crippen LogP contribution in [0.5, 0.6) is 0 Å². The van der Waals surface area contributed by atoms with Gasteiger partial charge in [-0.1, -0.05) is 61.9 Å². The van der Waals surface area contributed by atoms with Gasteiger partial charge in [0, 0.05) is 13.1 Å². The van der Waals surface area contributed by atoms with Crippen molar-refractivity contribution in [2.75, 3.05) is 13.1 Å². The van der Waals surface area contributed by atoms with E-state index < -0.39 is 5.97 Å². The van der Waals surface area contributed by atoms with Gasteiger partial charge in [-0.25, -0.2) is 0 Å². The van der Waals surface area contributed by atoms with Crippen LogP contribution in [0, 0.1) is 0 Å². The highest BCUT2D eigenvalue weighted by molar-refractivity contribution is 5.66. The number of rotatable bonds is 10. The minimum atomic E-state index is -0.747. The van der Waals surface area contributed by atoms with Gasteiger partial charge in [0.1, 0.15) is 6.23 Å². The van der Waals surface area contributed by atoms with Gasteiger partial charge >= 0.3 is 5.97 Å². The van der Waals surface area contributed by atoms with E-state index in [1.54, 1.807) is 0 Å². The Morgan fingerprint density at radius 3 is 2.31 bits per heavy atom. The summed E-state index contributed by atoms with van der Waals surface area (Å²) in [6.07, 6.45) is 7.04. The van der Waals surface area contributed by atoms with E-state index >= 15 is 0 Å². The number of aryl methyl sites for hydroxylation is 1. The fourth-order valence-electron chi connectivity index (χ4n) is 3.87. The van der Waals surface area contributed by atoms with Crippen molar-refractivity contribution >= 4 is 5.97 Å². The summed E-state index contributed by atoms with van der Waals surface area (Å²) in [6, 6.07) is 17.5. The van der Waals surface area contributed by atoms with E-state index in [0.29, 0.717) is 13.2 Å². The van der Waals surface area contributed by atoms with E-state index in [0.717, 1.165) is 37.8 Å². The fourth-order valence-corrected chi connectivity index (χ4v) is 3.87. The van der Waals surface area contributed by atoms with Crippen molar-refractivity contribution in [2.45, 2.75) is 64.7 Å². The number of unbranched alkanes of at least 4 members (excludes halogenated alkanes) is 1. The Hall–Kier alpha value is -2.17. The summed E-state index contributed by atoms with van der Waals surface area (Å²) in [5.41, 5.74) is 5.01. The minimum Gasteiger partial charge on any atom is -0.481 e. The fraction of sp³-hybridized carbons (Fsp3) is 0.480. The minimum absolute atomic E-state index is 0.0263. The third-order valence-electron chi connectivity index (χ3n) is 5.67. The summed E-state index contributed by atoms with van der Waals surface area (Å²) >= 11 is 0. The van der Waals surface area contributed by atoms with Crippen molar-refractivity contribution < 1.29 is 14.6 Å². The summed E-state index contributed by atoms with van der Waals surface area (Å²) in [5, 5.41) is 8.94. The molecule has 0 saturated carbocycles. The molecule has 0 spiro atoms. The van der Waals surface area contributed by atoms with E-state index in [1.807, 2.05) is 0 Å². The highest BCUT2D eigenvalue weighted by Gasteiger charge is 2.23. The molecule has 0 radical (unpaired) electrons. The van der Waals surface area contributed by atoms with Crippen LogP contribution in [0.3, 0.4) is 0 Å². The topological polar surface area (TPSA) is 49.8 Å². The van der Waals surface area contributed by atoms with Crippen molar-refractivity contribution in [3.8, 4) is 11.1 Å². The third kappa shape index (κ3) is 6.69. The molecule has 0 amide bonds. The molecule has 4 nitrogen and oxygen atoms in total. The smallest absolute Gasteiger partial charge is 0.304 e. The molecule has 1 saturated heterocycles. The maximum absolute atomic E-state index is 10.9. The van der Waals surface area contributed by atoms with Crippen LogP contribution in [-0.2, 0) is 22.6 Å². The van der Waals surface area contributed by atoms with Crippen LogP contribution in [0.2, 0.25) is 0 Å². The lowest BCUT2D eigenvalue weighted by Crippen LogP contribution is -2.42. The molecule has 0 bridgehead atoms. The summed E-state index contributed by atoms with van der Waals surface area (Å²) in [6.45, 7) is 4.27. The van der Waals surface area contributed by atoms with E-state index in [9.17, 15) is 4.79 Å². The van der Waals surface area contributed by atoms with Gasteiger partial charge in [0.15, 0.2) is 0 Å². The second-order valence-corrected chi connectivity index (χ2v) is 7.94. The van der Waals surface area contributed by atoms with Crippen LogP contribution in [0.25, 0.3) is 11.1 Å². The number of piperidine rings is 1. The van der Waals surface area contributed by atoms with E-state index in [2.05, 4.69) is 60.4 Å². The SMILES string of the molecule is CCCCc1ccc(-c2ccc(COC3CCCCN3CCC(=O)O)cc2)cc1. The first-order valence-corrected chi connectivity index (χ1v) is 10.9. The van der Waals surface area contributed by atoms with Gasteiger partial charge in [-0.2, -0.15) is 0 Å². The van der Waals surface area contributed by atoms with Gasteiger partial charge in [-0.3, -0.25) is 9.69 Å². The number of ether oxygens (including phenoxy) is 1. The number of carbonyl (C=O) groups is 1. The van der Waals surface area contributed by atoms with Gasteiger partial charge < -0.3 is 9.84 Å². The Morgan fingerprint density at radius 1 is 1.03 bits per heavy atom. The lowest BCUT2D eigenvalue weighted by Gasteiger charge is -2.35. The highest BCUT2D eigenvalue weighted by Crippen LogP contribution is 2.23. The van der Waals surface area contributed by atoms with Crippen molar-refractivity contribution in [3.63, 3.8) is 0 Å². The standard InChI is InChI=1S/C25H33NO3/c1-2-3-6-20-8-12-22(13-9-20)23-14-10-21(11-15-23)19-29-24-7-4-5-17-26(24)18-16-25(27)28/h8-15,24H,2-7,16-19H2,1H3,(H,27,28). The second-order valence-electron chi connectivity index (χ2n) is 7.94. The Balaban J connectivity index is 1.54. The maximum atomic E-state index is 10.9. The molecule has 1 N–H and O–H groups in total. The number of likely N-dealkylation sites (tertiary alicyclic amines) is 1. The van der Waals surface area contributed by atoms with Crippen LogP contribution in [0.4, 0.5) is 0 Å². The molecule has 1 aliphatic rings. The van der Waals surface area contributed by atoms with Gasteiger partial charge in [-0.15, -0.1) is 0 Å². The van der Waals surface area contributed by atoms with Gasteiger partial charge in [0.05, 0.1) is 13.0 Å². The largest absolute Gasteiger partial charge is 0.481 e. The average molecular weight is 396 g/mol. The van der Waals surface area contributed by atoms with Crippen molar-refractivity contribution in [2.24, 2.45) is 0 Å². The average Bonchev–Trinajstić information content (AvgIpc) is 2.76. The molecule has 0 aliphatic carbocycles. The lowest BCUT2D eigenvalue weighted by atomic mass is 10.0. The molecular weight excluding hydrogens is 362 g/mol. The summed E-state index contributed by atoms with van der Waals surface area (Å²) < 4.78 is 6.15. The number of nitrogens with zero attached hydrogens (tertiary/aromatic N) is 1. The zero-order valence-electron chi connectivity index (χ0n) is 17.5. The Kier molecular flexibility index (Phi) is 8.26. The highest BCUT2D eigenvalue weighted by atomic mass is 16.5. The molecule has 1 fully saturated rings. The maximum Gasteiger partial charge on any atom is 0.304 e. The molecule has 1 atom stereocenters. The third-order valence-corrected chi connectivity index (χ3v) is 5.67. The number of carboxylic acid groups (broad SMARTS) is 1. The molecule has 2 aromatic carbocycles. The van der Waals surface area contributed by atoms with Crippen LogP contribution < -0.4 is 0 Å². The zero-order valence-corrected chi connectivity index (χ0v) is 17.5.